The smallest absolute Gasteiger partial charge is 0.192 e. The molecule has 0 fully saturated rings. The van der Waals surface area contributed by atoms with Gasteiger partial charge in [-0.3, -0.25) is 0 Å². The van der Waals surface area contributed by atoms with Crippen LogP contribution in [-0.2, 0) is 20.1 Å². The van der Waals surface area contributed by atoms with Crippen molar-refractivity contribution in [2.45, 2.75) is 46.3 Å². The number of para-hydroxylation sites is 1. The third-order valence-corrected chi connectivity index (χ3v) is 5.77. The van der Waals surface area contributed by atoms with Crippen molar-refractivity contribution in [3.8, 4) is 5.75 Å². The summed E-state index contributed by atoms with van der Waals surface area (Å²) in [4.78, 5) is 4.90. The number of hydrogen-bond donors (Lipinski definition) is 2. The average molecular weight is 546 g/mol. The first-order chi connectivity index (χ1) is 15.0. The molecule has 7 nitrogen and oxygen atoms in total. The maximum atomic E-state index is 5.82. The first-order valence-corrected chi connectivity index (χ1v) is 10.7. The van der Waals surface area contributed by atoms with Gasteiger partial charge in [-0.05, 0) is 38.0 Å². The van der Waals surface area contributed by atoms with E-state index in [0.29, 0.717) is 19.7 Å². The van der Waals surface area contributed by atoms with Gasteiger partial charge < -0.3 is 19.9 Å². The molecule has 170 valence electrons. The number of ether oxygens (including phenoxy) is 1. The van der Waals surface area contributed by atoms with Crippen LogP contribution in [0, 0.1) is 20.8 Å². The number of rotatable bonds is 5. The highest BCUT2D eigenvalue weighted by molar-refractivity contribution is 14.0. The molecule has 3 aromatic rings. The molecule has 0 bridgehead atoms. The normalized spacial score (nSPS) is 15.4. The molecule has 0 aliphatic carbocycles. The summed E-state index contributed by atoms with van der Waals surface area (Å²) < 4.78 is 7.80. The van der Waals surface area contributed by atoms with Crippen LogP contribution in [0.25, 0.3) is 0 Å². The lowest BCUT2D eigenvalue weighted by Gasteiger charge is -2.28. The van der Waals surface area contributed by atoms with Crippen LogP contribution in [0.15, 0.2) is 47.5 Å². The number of fused-ring (bicyclic) bond motifs is 1. The summed E-state index contributed by atoms with van der Waals surface area (Å²) in [6.45, 7) is 8.02. The van der Waals surface area contributed by atoms with E-state index >= 15 is 0 Å². The molecule has 0 radical (unpaired) electrons. The fraction of sp³-hybridized carbons (Fsp3) is 0.375. The standard InChI is InChI=1S/C24H30N6O.HI/c1-16-9-10-19(17(2)13-16)14-25-24(26-15-23-29-28-18(3)30(23)4)27-21-11-12-31-22-8-6-5-7-20(21)22;/h5-10,13,21H,11-12,14-15H2,1-4H3,(H2,25,26,27);1H. The van der Waals surface area contributed by atoms with Gasteiger partial charge in [0.2, 0.25) is 0 Å². The lowest BCUT2D eigenvalue weighted by Crippen LogP contribution is -2.41. The van der Waals surface area contributed by atoms with Gasteiger partial charge >= 0.3 is 0 Å². The SMILES string of the molecule is Cc1ccc(CN=C(NCc2nnc(C)n2C)NC2CCOc3ccccc32)c(C)c1.I. The minimum atomic E-state index is 0. The highest BCUT2D eigenvalue weighted by Crippen LogP contribution is 2.31. The van der Waals surface area contributed by atoms with Gasteiger partial charge in [0, 0.05) is 19.0 Å². The quantitative estimate of drug-likeness (QED) is 0.286. The van der Waals surface area contributed by atoms with Crippen molar-refractivity contribution in [3.05, 3.63) is 76.4 Å². The predicted octanol–water partition coefficient (Wildman–Crippen LogP) is 4.12. The Hall–Kier alpha value is -2.62. The number of nitrogens with zero attached hydrogens (tertiary/aromatic N) is 4. The van der Waals surface area contributed by atoms with Gasteiger partial charge in [0.05, 0.1) is 25.7 Å². The molecule has 0 spiro atoms. The van der Waals surface area contributed by atoms with E-state index in [1.807, 2.05) is 36.7 Å². The number of benzene rings is 2. The first kappa shape index (κ1) is 24.0. The molecule has 2 aromatic carbocycles. The summed E-state index contributed by atoms with van der Waals surface area (Å²) in [5.41, 5.74) is 4.89. The maximum Gasteiger partial charge on any atom is 0.192 e. The Morgan fingerprint density at radius 3 is 2.72 bits per heavy atom. The van der Waals surface area contributed by atoms with E-state index in [0.717, 1.165) is 35.3 Å². The minimum Gasteiger partial charge on any atom is -0.493 e. The monoisotopic (exact) mass is 546 g/mol. The molecule has 8 heteroatoms. The molecule has 0 saturated carbocycles. The molecule has 32 heavy (non-hydrogen) atoms. The molecule has 1 unspecified atom stereocenters. The summed E-state index contributed by atoms with van der Waals surface area (Å²) in [5, 5.41) is 15.5. The van der Waals surface area contributed by atoms with E-state index < -0.39 is 0 Å². The number of aromatic nitrogens is 3. The summed E-state index contributed by atoms with van der Waals surface area (Å²) in [6, 6.07) is 14.8. The second-order valence-electron chi connectivity index (χ2n) is 8.04. The Morgan fingerprint density at radius 1 is 1.16 bits per heavy atom. The molecule has 1 aliphatic heterocycles. The molecule has 2 heterocycles. The molecular weight excluding hydrogens is 515 g/mol. The topological polar surface area (TPSA) is 76.4 Å². The minimum absolute atomic E-state index is 0. The molecule has 1 aliphatic rings. The van der Waals surface area contributed by atoms with Crippen LogP contribution in [0.5, 0.6) is 5.75 Å². The van der Waals surface area contributed by atoms with E-state index in [9.17, 15) is 0 Å². The zero-order valence-electron chi connectivity index (χ0n) is 19.1. The van der Waals surface area contributed by atoms with E-state index in [4.69, 9.17) is 9.73 Å². The number of nitrogens with one attached hydrogen (secondary N) is 2. The van der Waals surface area contributed by atoms with Crippen molar-refractivity contribution in [3.63, 3.8) is 0 Å². The number of aryl methyl sites for hydroxylation is 3. The Bertz CT molecular complexity index is 1090. The largest absolute Gasteiger partial charge is 0.493 e. The predicted molar refractivity (Wildman–Crippen MR) is 137 cm³/mol. The zero-order chi connectivity index (χ0) is 21.8. The van der Waals surface area contributed by atoms with E-state index in [1.165, 1.54) is 16.7 Å². The third-order valence-electron chi connectivity index (χ3n) is 5.77. The second-order valence-corrected chi connectivity index (χ2v) is 8.04. The Balaban J connectivity index is 0.00000289. The Labute approximate surface area is 206 Å². The number of guanidine groups is 1. The average Bonchev–Trinajstić information content (AvgIpc) is 3.09. The second kappa shape index (κ2) is 10.8. The first-order valence-electron chi connectivity index (χ1n) is 10.7. The fourth-order valence-corrected chi connectivity index (χ4v) is 3.76. The van der Waals surface area contributed by atoms with Gasteiger partial charge in [0.25, 0.3) is 0 Å². The van der Waals surface area contributed by atoms with E-state index in [2.05, 4.69) is 58.9 Å². The van der Waals surface area contributed by atoms with Crippen LogP contribution in [0.1, 0.15) is 46.4 Å². The van der Waals surface area contributed by atoms with Gasteiger partial charge in [0.1, 0.15) is 11.6 Å². The van der Waals surface area contributed by atoms with E-state index in [1.54, 1.807) is 0 Å². The van der Waals surface area contributed by atoms with Crippen LogP contribution in [0.3, 0.4) is 0 Å². The Morgan fingerprint density at radius 2 is 1.97 bits per heavy atom. The third kappa shape index (κ3) is 5.59. The number of hydrogen-bond acceptors (Lipinski definition) is 4. The number of halogens is 1. The summed E-state index contributed by atoms with van der Waals surface area (Å²) in [7, 11) is 1.97. The van der Waals surface area contributed by atoms with Crippen LogP contribution in [-0.4, -0.2) is 27.3 Å². The molecule has 2 N–H and O–H groups in total. The van der Waals surface area contributed by atoms with Gasteiger partial charge in [-0.2, -0.15) is 0 Å². The molecule has 0 amide bonds. The van der Waals surface area contributed by atoms with Crippen LogP contribution < -0.4 is 15.4 Å². The summed E-state index contributed by atoms with van der Waals surface area (Å²) >= 11 is 0. The van der Waals surface area contributed by atoms with Gasteiger partial charge in [-0.1, -0.05) is 42.0 Å². The molecule has 0 saturated heterocycles. The van der Waals surface area contributed by atoms with Crippen molar-refractivity contribution in [1.29, 1.82) is 0 Å². The highest BCUT2D eigenvalue weighted by Gasteiger charge is 2.22. The highest BCUT2D eigenvalue weighted by atomic mass is 127. The zero-order valence-corrected chi connectivity index (χ0v) is 21.4. The van der Waals surface area contributed by atoms with Gasteiger partial charge in [0.15, 0.2) is 11.8 Å². The van der Waals surface area contributed by atoms with Crippen LogP contribution in [0.2, 0.25) is 0 Å². The van der Waals surface area contributed by atoms with Crippen LogP contribution in [0.4, 0.5) is 0 Å². The van der Waals surface area contributed by atoms with Crippen molar-refractivity contribution >= 4 is 29.9 Å². The lowest BCUT2D eigenvalue weighted by atomic mass is 10.0. The van der Waals surface area contributed by atoms with Gasteiger partial charge in [-0.15, -0.1) is 34.2 Å². The van der Waals surface area contributed by atoms with Crippen LogP contribution >= 0.6 is 24.0 Å². The van der Waals surface area contributed by atoms with Crippen molar-refractivity contribution in [2.75, 3.05) is 6.61 Å². The van der Waals surface area contributed by atoms with Crippen molar-refractivity contribution in [1.82, 2.24) is 25.4 Å². The fourth-order valence-electron chi connectivity index (χ4n) is 3.76. The van der Waals surface area contributed by atoms with Crippen molar-refractivity contribution < 1.29 is 4.74 Å². The molecule has 1 aromatic heterocycles. The lowest BCUT2D eigenvalue weighted by molar-refractivity contribution is 0.261. The van der Waals surface area contributed by atoms with Crippen molar-refractivity contribution in [2.24, 2.45) is 12.0 Å². The molecule has 1 atom stereocenters. The summed E-state index contributed by atoms with van der Waals surface area (Å²) in [5.74, 6) is 3.44. The molecule has 4 rings (SSSR count). The summed E-state index contributed by atoms with van der Waals surface area (Å²) in [6.07, 6.45) is 0.879. The van der Waals surface area contributed by atoms with Gasteiger partial charge in [-0.25, -0.2) is 4.99 Å². The van der Waals surface area contributed by atoms with E-state index in [-0.39, 0.29) is 30.0 Å². The Kier molecular flexibility index (Phi) is 8.11. The number of aliphatic imine (C=N–C) groups is 1. The maximum absolute atomic E-state index is 5.82. The molecular formula is C24H31IN6O.